The second-order valence-corrected chi connectivity index (χ2v) is 7.34. The van der Waals surface area contributed by atoms with E-state index in [1.54, 1.807) is 6.07 Å². The number of hydrogen-bond acceptors (Lipinski definition) is 1. The molecule has 0 saturated carbocycles. The first-order chi connectivity index (χ1) is 12.4. The van der Waals surface area contributed by atoms with E-state index in [2.05, 4.69) is 27.7 Å². The molecule has 2 nitrogen and oxygen atoms in total. The Kier molecular flexibility index (Phi) is 4.43. The first-order valence-corrected chi connectivity index (χ1v) is 9.18. The van der Waals surface area contributed by atoms with Crippen LogP contribution in [0.2, 0.25) is 0 Å². The molecule has 2 aliphatic rings. The average Bonchev–Trinajstić information content (AvgIpc) is 2.92. The predicted octanol–water partition coefficient (Wildman–Crippen LogP) is 5.31. The molecule has 4 rings (SSSR count). The maximum atomic E-state index is 13.2. The number of nitrogens with zero attached hydrogens (tertiary/aromatic N) is 2. The van der Waals surface area contributed by atoms with Crippen LogP contribution in [0.5, 0.6) is 0 Å². The van der Waals surface area contributed by atoms with Gasteiger partial charge in [-0.15, -0.1) is 0 Å². The Morgan fingerprint density at radius 1 is 1.15 bits per heavy atom. The highest BCUT2D eigenvalue weighted by Gasteiger charge is 2.32. The number of allylic oxidation sites excluding steroid dienone is 4. The van der Waals surface area contributed by atoms with Crippen molar-refractivity contribution in [1.29, 1.82) is 0 Å². The van der Waals surface area contributed by atoms with Crippen LogP contribution in [0, 0.1) is 0 Å². The highest BCUT2D eigenvalue weighted by atomic mass is 19.4. The van der Waals surface area contributed by atoms with Crippen molar-refractivity contribution in [2.75, 3.05) is 13.6 Å². The van der Waals surface area contributed by atoms with Crippen LogP contribution in [-0.2, 0) is 25.7 Å². The number of benzene rings is 1. The van der Waals surface area contributed by atoms with Gasteiger partial charge in [0.2, 0.25) is 0 Å². The third-order valence-corrected chi connectivity index (χ3v) is 5.53. The lowest BCUT2D eigenvalue weighted by atomic mass is 10.0. The van der Waals surface area contributed by atoms with Gasteiger partial charge in [0.05, 0.1) is 5.56 Å². The smallest absolute Gasteiger partial charge is 0.344 e. The van der Waals surface area contributed by atoms with Crippen LogP contribution < -0.4 is 0 Å². The number of hydrogen-bond donors (Lipinski definition) is 0. The molecule has 1 aromatic heterocycles. The van der Waals surface area contributed by atoms with E-state index in [4.69, 9.17) is 0 Å². The van der Waals surface area contributed by atoms with Crippen molar-refractivity contribution in [2.24, 2.45) is 0 Å². The van der Waals surface area contributed by atoms with Crippen LogP contribution in [0.15, 0.2) is 42.0 Å². The molecular formula is C21H23F3N2. The zero-order chi connectivity index (χ0) is 18.3. The van der Waals surface area contributed by atoms with E-state index in [1.807, 2.05) is 7.05 Å². The zero-order valence-electron chi connectivity index (χ0n) is 14.9. The van der Waals surface area contributed by atoms with Crippen LogP contribution in [0.25, 0.3) is 10.9 Å². The summed E-state index contributed by atoms with van der Waals surface area (Å²) in [5, 5.41) is 0.763. The monoisotopic (exact) mass is 360 g/mol. The van der Waals surface area contributed by atoms with Gasteiger partial charge in [0.15, 0.2) is 0 Å². The number of fused-ring (bicyclic) bond motifs is 3. The Bertz CT molecular complexity index is 887. The zero-order valence-corrected chi connectivity index (χ0v) is 14.9. The Morgan fingerprint density at radius 3 is 2.73 bits per heavy atom. The number of halogens is 3. The average molecular weight is 360 g/mol. The van der Waals surface area contributed by atoms with E-state index in [0.717, 1.165) is 55.2 Å². The minimum absolute atomic E-state index is 0.557. The largest absolute Gasteiger partial charge is 0.416 e. The van der Waals surface area contributed by atoms with Gasteiger partial charge in [0.1, 0.15) is 0 Å². The first-order valence-electron chi connectivity index (χ1n) is 9.18. The van der Waals surface area contributed by atoms with Crippen molar-refractivity contribution < 1.29 is 13.2 Å². The standard InChI is InChI=1S/C21H23F3N2/c1-25-11-10-20-18(14-25)17-13-16(21(22,23)24)7-8-19(17)26(20)12-9-15-5-3-2-4-6-15/h2-3,5,7-8,13H,4,6,9-12,14H2,1H3. The third kappa shape index (κ3) is 3.20. The molecule has 0 N–H and O–H groups in total. The molecule has 1 aliphatic carbocycles. The Hall–Kier alpha value is -2.01. The van der Waals surface area contributed by atoms with Crippen LogP contribution in [0.1, 0.15) is 36.1 Å². The predicted molar refractivity (Wildman–Crippen MR) is 98.1 cm³/mol. The van der Waals surface area contributed by atoms with Gasteiger partial charge in [-0.2, -0.15) is 13.2 Å². The lowest BCUT2D eigenvalue weighted by Gasteiger charge is -2.24. The molecule has 138 valence electrons. The maximum absolute atomic E-state index is 13.2. The molecule has 0 radical (unpaired) electrons. The topological polar surface area (TPSA) is 8.17 Å². The molecule has 0 bridgehead atoms. The van der Waals surface area contributed by atoms with E-state index in [1.165, 1.54) is 23.4 Å². The van der Waals surface area contributed by atoms with Gasteiger partial charge >= 0.3 is 6.18 Å². The molecule has 0 amide bonds. The van der Waals surface area contributed by atoms with E-state index in [9.17, 15) is 13.2 Å². The van der Waals surface area contributed by atoms with E-state index in [-0.39, 0.29) is 0 Å². The number of likely N-dealkylation sites (N-methyl/N-ethyl adjacent to an activating group) is 1. The molecule has 5 heteroatoms. The number of aromatic nitrogens is 1. The Balaban J connectivity index is 1.76. The fraction of sp³-hybridized carbons (Fsp3) is 0.429. The molecule has 1 aliphatic heterocycles. The quantitative estimate of drug-likeness (QED) is 0.720. The number of rotatable bonds is 3. The van der Waals surface area contributed by atoms with Crippen molar-refractivity contribution in [3.8, 4) is 0 Å². The Morgan fingerprint density at radius 2 is 2.00 bits per heavy atom. The van der Waals surface area contributed by atoms with Gasteiger partial charge in [0.25, 0.3) is 0 Å². The molecule has 0 unspecified atom stereocenters. The van der Waals surface area contributed by atoms with E-state index < -0.39 is 11.7 Å². The summed E-state index contributed by atoms with van der Waals surface area (Å²) in [7, 11) is 2.03. The molecule has 2 heterocycles. The van der Waals surface area contributed by atoms with E-state index >= 15 is 0 Å². The highest BCUT2D eigenvalue weighted by molar-refractivity contribution is 5.86. The molecule has 2 aromatic rings. The highest BCUT2D eigenvalue weighted by Crippen LogP contribution is 2.36. The molecule has 0 fully saturated rings. The van der Waals surface area contributed by atoms with Gasteiger partial charge < -0.3 is 9.47 Å². The van der Waals surface area contributed by atoms with Crippen LogP contribution in [0.4, 0.5) is 13.2 Å². The summed E-state index contributed by atoms with van der Waals surface area (Å²) in [6.07, 6.45) is 6.16. The third-order valence-electron chi connectivity index (χ3n) is 5.53. The molecule has 26 heavy (non-hydrogen) atoms. The summed E-state index contributed by atoms with van der Waals surface area (Å²) >= 11 is 0. The fourth-order valence-electron chi connectivity index (χ4n) is 4.13. The van der Waals surface area contributed by atoms with Crippen molar-refractivity contribution in [3.63, 3.8) is 0 Å². The first kappa shape index (κ1) is 17.4. The van der Waals surface area contributed by atoms with Crippen molar-refractivity contribution >= 4 is 10.9 Å². The van der Waals surface area contributed by atoms with Gasteiger partial charge in [-0.3, -0.25) is 0 Å². The molecular weight excluding hydrogens is 337 g/mol. The number of aryl methyl sites for hydroxylation is 1. The Labute approximate surface area is 151 Å². The summed E-state index contributed by atoms with van der Waals surface area (Å²) in [6, 6.07) is 4.22. The fourth-order valence-corrected chi connectivity index (χ4v) is 4.13. The normalized spacial score (nSPS) is 18.2. The van der Waals surface area contributed by atoms with Gasteiger partial charge in [0, 0.05) is 42.7 Å². The van der Waals surface area contributed by atoms with Crippen LogP contribution in [0.3, 0.4) is 0 Å². The molecule has 1 aromatic carbocycles. The van der Waals surface area contributed by atoms with Crippen molar-refractivity contribution in [3.05, 3.63) is 58.8 Å². The second kappa shape index (κ2) is 6.62. The van der Waals surface area contributed by atoms with Crippen molar-refractivity contribution in [1.82, 2.24) is 9.47 Å². The van der Waals surface area contributed by atoms with Crippen LogP contribution >= 0.6 is 0 Å². The SMILES string of the molecule is CN1CCc2c(c3cc(C(F)(F)F)ccc3n2CCC2=CC=CCC2)C1. The lowest BCUT2D eigenvalue weighted by Crippen LogP contribution is -2.27. The molecule has 0 spiro atoms. The second-order valence-electron chi connectivity index (χ2n) is 7.34. The maximum Gasteiger partial charge on any atom is 0.416 e. The summed E-state index contributed by atoms with van der Waals surface area (Å²) in [4.78, 5) is 2.18. The minimum Gasteiger partial charge on any atom is -0.344 e. The summed E-state index contributed by atoms with van der Waals surface area (Å²) in [5.74, 6) is 0. The minimum atomic E-state index is -4.30. The summed E-state index contributed by atoms with van der Waals surface area (Å²) in [6.45, 7) is 2.49. The lowest BCUT2D eigenvalue weighted by molar-refractivity contribution is -0.137. The van der Waals surface area contributed by atoms with Gasteiger partial charge in [-0.05, 0) is 50.1 Å². The molecule has 0 atom stereocenters. The summed E-state index contributed by atoms with van der Waals surface area (Å²) in [5.41, 5.74) is 4.08. The van der Waals surface area contributed by atoms with Crippen LogP contribution in [-0.4, -0.2) is 23.1 Å². The van der Waals surface area contributed by atoms with Crippen molar-refractivity contribution in [2.45, 2.75) is 44.9 Å². The van der Waals surface area contributed by atoms with Gasteiger partial charge in [-0.25, -0.2) is 0 Å². The van der Waals surface area contributed by atoms with E-state index in [0.29, 0.717) is 6.54 Å². The number of alkyl halides is 3. The van der Waals surface area contributed by atoms with Gasteiger partial charge in [-0.1, -0.05) is 23.8 Å². The molecule has 0 saturated heterocycles. The summed E-state index contributed by atoms with van der Waals surface area (Å²) < 4.78 is 41.8.